The van der Waals surface area contributed by atoms with Crippen molar-refractivity contribution >= 4 is 11.9 Å². The van der Waals surface area contributed by atoms with Gasteiger partial charge in [-0.05, 0) is 24.3 Å². The van der Waals surface area contributed by atoms with E-state index in [1.807, 2.05) is 0 Å². The smallest absolute Gasteiger partial charge is 0.341 e. The third kappa shape index (κ3) is 4.40. The number of benzene rings is 2. The van der Waals surface area contributed by atoms with Crippen molar-refractivity contribution in [3.63, 3.8) is 0 Å². The van der Waals surface area contributed by atoms with Crippen molar-refractivity contribution in [3.05, 3.63) is 48.5 Å². The van der Waals surface area contributed by atoms with E-state index in [-0.39, 0.29) is 23.3 Å². The Kier molecular flexibility index (Phi) is 5.31. The summed E-state index contributed by atoms with van der Waals surface area (Å²) in [6.45, 7) is -1.02. The number of aromatic nitrogens is 2. The summed E-state index contributed by atoms with van der Waals surface area (Å²) in [5.41, 5.74) is 0.864. The summed E-state index contributed by atoms with van der Waals surface area (Å²) in [6.07, 6.45) is 0. The van der Waals surface area contributed by atoms with Crippen LogP contribution < -0.4 is 9.47 Å². The second-order valence-electron chi connectivity index (χ2n) is 5.27. The molecule has 0 aliphatic rings. The number of hydrogen-bond donors (Lipinski definition) is 2. The van der Waals surface area contributed by atoms with E-state index in [2.05, 4.69) is 10.2 Å². The summed E-state index contributed by atoms with van der Waals surface area (Å²) in [6, 6.07) is 13.3. The van der Waals surface area contributed by atoms with E-state index in [9.17, 15) is 9.59 Å². The summed E-state index contributed by atoms with van der Waals surface area (Å²) in [5.74, 6) is -1.41. The van der Waals surface area contributed by atoms with Crippen molar-refractivity contribution in [1.29, 1.82) is 0 Å². The number of carbonyl (C=O) groups is 2. The average Bonchev–Trinajstić information content (AvgIpc) is 3.15. The molecule has 0 bridgehead atoms. The first-order valence-corrected chi connectivity index (χ1v) is 7.76. The molecule has 9 nitrogen and oxygen atoms in total. The van der Waals surface area contributed by atoms with Gasteiger partial charge in [0.1, 0.15) is 11.5 Å². The van der Waals surface area contributed by atoms with E-state index in [4.69, 9.17) is 24.1 Å². The van der Waals surface area contributed by atoms with Crippen LogP contribution in [0.15, 0.2) is 52.9 Å². The number of ether oxygens (including phenoxy) is 2. The van der Waals surface area contributed by atoms with E-state index < -0.39 is 25.2 Å². The van der Waals surface area contributed by atoms with Crippen LogP contribution in [0.25, 0.3) is 22.9 Å². The first-order chi connectivity index (χ1) is 13.0. The zero-order valence-corrected chi connectivity index (χ0v) is 13.9. The number of hydrogen-bond acceptors (Lipinski definition) is 7. The molecule has 2 N–H and O–H groups in total. The second kappa shape index (κ2) is 8.00. The molecule has 0 atom stereocenters. The molecule has 27 heavy (non-hydrogen) atoms. The highest BCUT2D eigenvalue weighted by Crippen LogP contribution is 2.34. The van der Waals surface area contributed by atoms with E-state index in [0.29, 0.717) is 11.1 Å². The normalized spacial score (nSPS) is 10.4. The lowest BCUT2D eigenvalue weighted by molar-refractivity contribution is -0.140. The average molecular weight is 370 g/mol. The number of carboxylic acids is 2. The lowest BCUT2D eigenvalue weighted by Gasteiger charge is -2.07. The van der Waals surface area contributed by atoms with Gasteiger partial charge in [-0.1, -0.05) is 24.3 Å². The lowest BCUT2D eigenvalue weighted by atomic mass is 10.2. The predicted molar refractivity (Wildman–Crippen MR) is 91.4 cm³/mol. The van der Waals surface area contributed by atoms with Gasteiger partial charge in [0, 0.05) is 0 Å². The van der Waals surface area contributed by atoms with Crippen molar-refractivity contribution in [2.24, 2.45) is 0 Å². The highest BCUT2D eigenvalue weighted by Gasteiger charge is 2.18. The van der Waals surface area contributed by atoms with Gasteiger partial charge in [0.05, 0.1) is 11.1 Å². The molecule has 0 fully saturated rings. The number of nitrogens with zero attached hydrogens (tertiary/aromatic N) is 2. The molecule has 138 valence electrons. The van der Waals surface area contributed by atoms with Crippen molar-refractivity contribution in [1.82, 2.24) is 10.2 Å². The number of rotatable bonds is 8. The second-order valence-corrected chi connectivity index (χ2v) is 5.27. The zero-order chi connectivity index (χ0) is 19.2. The molecule has 0 aliphatic carbocycles. The molecule has 0 unspecified atom stereocenters. The summed E-state index contributed by atoms with van der Waals surface area (Å²) < 4.78 is 16.2. The van der Waals surface area contributed by atoms with E-state index >= 15 is 0 Å². The first-order valence-electron chi connectivity index (χ1n) is 7.76. The fourth-order valence-electron chi connectivity index (χ4n) is 2.26. The lowest BCUT2D eigenvalue weighted by Crippen LogP contribution is -2.09. The minimum Gasteiger partial charge on any atom is -0.481 e. The Hall–Kier alpha value is -3.88. The molecule has 0 radical (unpaired) electrons. The van der Waals surface area contributed by atoms with Crippen LogP contribution in [0.3, 0.4) is 0 Å². The topological polar surface area (TPSA) is 132 Å². The molecule has 9 heteroatoms. The number of aliphatic carboxylic acids is 2. The van der Waals surface area contributed by atoms with Crippen LogP contribution in [-0.2, 0) is 9.59 Å². The molecular weight excluding hydrogens is 356 g/mol. The van der Waals surface area contributed by atoms with Crippen LogP contribution in [-0.4, -0.2) is 45.6 Å². The Balaban J connectivity index is 1.90. The Labute approximate surface area is 152 Å². The maximum absolute atomic E-state index is 10.7. The summed E-state index contributed by atoms with van der Waals surface area (Å²) in [7, 11) is 0. The highest BCUT2D eigenvalue weighted by molar-refractivity contribution is 5.71. The van der Waals surface area contributed by atoms with Crippen LogP contribution in [0.5, 0.6) is 11.5 Å². The van der Waals surface area contributed by atoms with Crippen molar-refractivity contribution < 1.29 is 33.7 Å². The molecule has 0 aliphatic heterocycles. The Morgan fingerprint density at radius 2 is 1.19 bits per heavy atom. The molecule has 0 saturated carbocycles. The van der Waals surface area contributed by atoms with Gasteiger partial charge in [-0.2, -0.15) is 0 Å². The highest BCUT2D eigenvalue weighted by atomic mass is 16.5. The van der Waals surface area contributed by atoms with Crippen molar-refractivity contribution in [2.45, 2.75) is 0 Å². The van der Waals surface area contributed by atoms with Gasteiger partial charge in [0.25, 0.3) is 11.8 Å². The maximum Gasteiger partial charge on any atom is 0.341 e. The van der Waals surface area contributed by atoms with Crippen molar-refractivity contribution in [2.75, 3.05) is 13.2 Å². The third-order valence-electron chi connectivity index (χ3n) is 3.36. The fourth-order valence-corrected chi connectivity index (χ4v) is 2.26. The molecule has 0 amide bonds. The van der Waals surface area contributed by atoms with Gasteiger partial charge in [0.15, 0.2) is 13.2 Å². The van der Waals surface area contributed by atoms with Gasteiger partial charge in [-0.3, -0.25) is 0 Å². The molecule has 3 aromatic rings. The SMILES string of the molecule is O=C(O)COc1ccccc1-c1nnc(-c2ccccc2OCC(=O)O)o1. The Morgan fingerprint density at radius 3 is 1.59 bits per heavy atom. The Morgan fingerprint density at radius 1 is 0.778 bits per heavy atom. The van der Waals surface area contributed by atoms with Crippen LogP contribution >= 0.6 is 0 Å². The van der Waals surface area contributed by atoms with Gasteiger partial charge in [-0.15, -0.1) is 10.2 Å². The first kappa shape index (κ1) is 17.9. The number of carboxylic acid groups (broad SMARTS) is 2. The van der Waals surface area contributed by atoms with Gasteiger partial charge in [0.2, 0.25) is 0 Å². The van der Waals surface area contributed by atoms with E-state index in [1.54, 1.807) is 48.5 Å². The maximum atomic E-state index is 10.7. The van der Waals surface area contributed by atoms with Crippen molar-refractivity contribution in [3.8, 4) is 34.4 Å². The van der Waals surface area contributed by atoms with Gasteiger partial charge < -0.3 is 24.1 Å². The largest absolute Gasteiger partial charge is 0.481 e. The van der Waals surface area contributed by atoms with Crippen LogP contribution in [0.4, 0.5) is 0 Å². The van der Waals surface area contributed by atoms with E-state index in [0.717, 1.165) is 0 Å². The molecule has 1 aromatic heterocycles. The molecule has 3 rings (SSSR count). The minimum atomic E-state index is -1.11. The predicted octanol–water partition coefficient (Wildman–Crippen LogP) is 2.33. The third-order valence-corrected chi connectivity index (χ3v) is 3.36. The minimum absolute atomic E-state index is 0.124. The molecule has 0 saturated heterocycles. The summed E-state index contributed by atoms with van der Waals surface area (Å²) in [4.78, 5) is 21.4. The molecule has 2 aromatic carbocycles. The van der Waals surface area contributed by atoms with Gasteiger partial charge in [-0.25, -0.2) is 9.59 Å². The molecular formula is C18H14N2O7. The Bertz CT molecular complexity index is 892. The zero-order valence-electron chi connectivity index (χ0n) is 13.9. The quantitative estimate of drug-likeness (QED) is 0.613. The van der Waals surface area contributed by atoms with Crippen LogP contribution in [0.1, 0.15) is 0 Å². The van der Waals surface area contributed by atoms with E-state index in [1.165, 1.54) is 0 Å². The molecule has 0 spiro atoms. The standard InChI is InChI=1S/C18H14N2O7/c21-15(22)9-25-13-7-3-1-5-11(13)17-19-20-18(27-17)12-6-2-4-8-14(12)26-10-16(23)24/h1-8H,9-10H2,(H,21,22)(H,23,24). The summed E-state index contributed by atoms with van der Waals surface area (Å²) in [5, 5.41) is 25.5. The van der Waals surface area contributed by atoms with Gasteiger partial charge >= 0.3 is 11.9 Å². The number of para-hydroxylation sites is 2. The monoisotopic (exact) mass is 370 g/mol. The fraction of sp³-hybridized carbons (Fsp3) is 0.111. The summed E-state index contributed by atoms with van der Waals surface area (Å²) >= 11 is 0. The van der Waals surface area contributed by atoms with Crippen LogP contribution in [0, 0.1) is 0 Å². The van der Waals surface area contributed by atoms with Crippen LogP contribution in [0.2, 0.25) is 0 Å². The molecule has 1 heterocycles.